The number of esters is 1. The van der Waals surface area contributed by atoms with Gasteiger partial charge in [-0.05, 0) is 60.7 Å². The predicted octanol–water partition coefficient (Wildman–Crippen LogP) is 4.01. The number of benzene rings is 3. The van der Waals surface area contributed by atoms with E-state index in [2.05, 4.69) is 15.7 Å². The zero-order valence-corrected chi connectivity index (χ0v) is 22.9. The van der Waals surface area contributed by atoms with E-state index in [1.165, 1.54) is 60.1 Å². The number of carbonyl (C=O) groups is 3. The standard InChI is InChI=1S/C27H21ClN6O6S/c1-17(35)40-21-11-9-19(10-12-21)30-25(36)15-24-23(16-29)26(34(32-24)20-5-3-2-4-6-20)31-27(37)33-41(38,39)22-13-7-18(28)8-14-22/h2-14H,15H2,1H3,(H,30,36)(H2,31,33,37). The lowest BCUT2D eigenvalue weighted by molar-refractivity contribution is -0.131. The summed E-state index contributed by atoms with van der Waals surface area (Å²) in [6.45, 7) is 1.27. The van der Waals surface area contributed by atoms with E-state index in [0.717, 1.165) is 0 Å². The summed E-state index contributed by atoms with van der Waals surface area (Å²) < 4.78 is 33.4. The van der Waals surface area contributed by atoms with Crippen LogP contribution in [0.3, 0.4) is 0 Å². The predicted molar refractivity (Wildman–Crippen MR) is 149 cm³/mol. The van der Waals surface area contributed by atoms with Gasteiger partial charge in [0.15, 0.2) is 5.82 Å². The molecule has 4 rings (SSSR count). The van der Waals surface area contributed by atoms with Crippen LogP contribution < -0.4 is 20.1 Å². The van der Waals surface area contributed by atoms with Gasteiger partial charge in [-0.2, -0.15) is 10.4 Å². The Morgan fingerprint density at radius 1 is 0.976 bits per heavy atom. The Bertz CT molecular complexity index is 1750. The summed E-state index contributed by atoms with van der Waals surface area (Å²) in [7, 11) is -4.28. The van der Waals surface area contributed by atoms with Crippen LogP contribution in [-0.2, 0) is 26.0 Å². The van der Waals surface area contributed by atoms with Gasteiger partial charge in [0, 0.05) is 17.6 Å². The van der Waals surface area contributed by atoms with Gasteiger partial charge in [-0.3, -0.25) is 14.9 Å². The normalized spacial score (nSPS) is 10.8. The lowest BCUT2D eigenvalue weighted by Crippen LogP contribution is -2.35. The Kier molecular flexibility index (Phi) is 8.66. The van der Waals surface area contributed by atoms with Crippen LogP contribution in [-0.4, -0.2) is 36.1 Å². The lowest BCUT2D eigenvalue weighted by atomic mass is 10.2. The van der Waals surface area contributed by atoms with Gasteiger partial charge in [0.1, 0.15) is 17.4 Å². The number of ether oxygens (including phenoxy) is 1. The number of hydrogen-bond acceptors (Lipinski definition) is 8. The van der Waals surface area contributed by atoms with Crippen LogP contribution in [0.5, 0.6) is 5.75 Å². The zero-order valence-electron chi connectivity index (χ0n) is 21.3. The first-order valence-electron chi connectivity index (χ1n) is 11.8. The maximum absolute atomic E-state index is 12.8. The maximum Gasteiger partial charge on any atom is 0.334 e. The molecule has 3 N–H and O–H groups in total. The summed E-state index contributed by atoms with van der Waals surface area (Å²) in [5.74, 6) is -0.853. The number of rotatable bonds is 8. The molecular formula is C27H21ClN6O6S. The number of para-hydroxylation sites is 1. The lowest BCUT2D eigenvalue weighted by Gasteiger charge is -2.11. The van der Waals surface area contributed by atoms with Crippen LogP contribution in [0.4, 0.5) is 16.3 Å². The number of sulfonamides is 1. The summed E-state index contributed by atoms with van der Waals surface area (Å²) in [6.07, 6.45) is -0.353. The third kappa shape index (κ3) is 7.27. The summed E-state index contributed by atoms with van der Waals surface area (Å²) in [5.41, 5.74) is 0.721. The minimum atomic E-state index is -4.28. The maximum atomic E-state index is 12.8. The summed E-state index contributed by atoms with van der Waals surface area (Å²) in [6, 6.07) is 20.5. The van der Waals surface area contributed by atoms with Crippen molar-refractivity contribution in [2.75, 3.05) is 10.6 Å². The van der Waals surface area contributed by atoms with Crippen molar-refractivity contribution >= 4 is 51.0 Å². The van der Waals surface area contributed by atoms with E-state index < -0.39 is 27.9 Å². The zero-order chi connectivity index (χ0) is 29.6. The van der Waals surface area contributed by atoms with Crippen molar-refractivity contribution in [3.63, 3.8) is 0 Å². The van der Waals surface area contributed by atoms with Gasteiger partial charge in [-0.1, -0.05) is 29.8 Å². The Morgan fingerprint density at radius 3 is 2.24 bits per heavy atom. The molecule has 4 aromatic rings. The molecule has 0 aliphatic heterocycles. The molecule has 1 heterocycles. The number of amides is 3. The third-order valence-corrected chi connectivity index (χ3v) is 6.98. The van der Waals surface area contributed by atoms with Crippen LogP contribution in [0, 0.1) is 11.3 Å². The average Bonchev–Trinajstić information content (AvgIpc) is 3.26. The molecule has 0 saturated heterocycles. The van der Waals surface area contributed by atoms with Gasteiger partial charge in [0.05, 0.1) is 22.7 Å². The van der Waals surface area contributed by atoms with Gasteiger partial charge in [0.2, 0.25) is 5.91 Å². The van der Waals surface area contributed by atoms with Crippen molar-refractivity contribution in [1.29, 1.82) is 5.26 Å². The van der Waals surface area contributed by atoms with Gasteiger partial charge < -0.3 is 10.1 Å². The first-order valence-corrected chi connectivity index (χ1v) is 13.7. The third-order valence-electron chi connectivity index (χ3n) is 5.38. The molecule has 0 aliphatic rings. The van der Waals surface area contributed by atoms with Crippen LogP contribution in [0.2, 0.25) is 5.02 Å². The number of halogens is 1. The number of anilines is 2. The van der Waals surface area contributed by atoms with E-state index in [0.29, 0.717) is 22.1 Å². The first-order chi connectivity index (χ1) is 19.6. The smallest absolute Gasteiger partial charge is 0.334 e. The van der Waals surface area contributed by atoms with Crippen LogP contribution in [0.25, 0.3) is 5.69 Å². The summed E-state index contributed by atoms with van der Waals surface area (Å²) >= 11 is 5.81. The molecule has 0 aliphatic carbocycles. The molecule has 0 unspecified atom stereocenters. The quantitative estimate of drug-likeness (QED) is 0.203. The first kappa shape index (κ1) is 28.8. The molecule has 0 atom stereocenters. The molecule has 0 fully saturated rings. The molecule has 0 radical (unpaired) electrons. The minimum Gasteiger partial charge on any atom is -0.427 e. The number of urea groups is 1. The van der Waals surface area contributed by atoms with Crippen LogP contribution in [0.15, 0.2) is 83.8 Å². The largest absolute Gasteiger partial charge is 0.427 e. The van der Waals surface area contributed by atoms with Gasteiger partial charge >= 0.3 is 12.0 Å². The molecule has 208 valence electrons. The van der Waals surface area contributed by atoms with Crippen molar-refractivity contribution in [3.05, 3.63) is 95.1 Å². The van der Waals surface area contributed by atoms with Crippen molar-refractivity contribution in [2.24, 2.45) is 0 Å². The van der Waals surface area contributed by atoms with Crippen LogP contribution in [0.1, 0.15) is 18.2 Å². The fourth-order valence-corrected chi connectivity index (χ4v) is 4.67. The van der Waals surface area contributed by atoms with E-state index in [-0.39, 0.29) is 28.4 Å². The average molecular weight is 593 g/mol. The highest BCUT2D eigenvalue weighted by molar-refractivity contribution is 7.90. The summed E-state index contributed by atoms with van der Waals surface area (Å²) in [5, 5.41) is 19.7. The number of hydrogen-bond donors (Lipinski definition) is 3. The summed E-state index contributed by atoms with van der Waals surface area (Å²) in [4.78, 5) is 36.5. The molecule has 14 heteroatoms. The Balaban J connectivity index is 1.59. The molecule has 0 bridgehead atoms. The Labute approximate surface area is 239 Å². The van der Waals surface area contributed by atoms with E-state index >= 15 is 0 Å². The van der Waals surface area contributed by atoms with E-state index in [1.807, 2.05) is 10.8 Å². The van der Waals surface area contributed by atoms with E-state index in [4.69, 9.17) is 16.3 Å². The molecule has 0 saturated carbocycles. The SMILES string of the molecule is CC(=O)Oc1ccc(NC(=O)Cc2nn(-c3ccccc3)c(NC(=O)NS(=O)(=O)c3ccc(Cl)cc3)c2C#N)cc1. The van der Waals surface area contributed by atoms with Crippen molar-refractivity contribution in [2.45, 2.75) is 18.2 Å². The van der Waals surface area contributed by atoms with Crippen molar-refractivity contribution in [3.8, 4) is 17.5 Å². The molecule has 3 amide bonds. The fourth-order valence-electron chi connectivity index (χ4n) is 3.63. The number of aromatic nitrogens is 2. The second-order valence-corrected chi connectivity index (χ2v) is 10.5. The molecule has 0 spiro atoms. The van der Waals surface area contributed by atoms with E-state index in [1.54, 1.807) is 30.3 Å². The Hall–Kier alpha value is -5.19. The van der Waals surface area contributed by atoms with Crippen LogP contribution >= 0.6 is 11.6 Å². The highest BCUT2D eigenvalue weighted by Crippen LogP contribution is 2.25. The second kappa shape index (κ2) is 12.3. The number of nitrogens with zero attached hydrogens (tertiary/aromatic N) is 3. The van der Waals surface area contributed by atoms with Crippen molar-refractivity contribution in [1.82, 2.24) is 14.5 Å². The van der Waals surface area contributed by atoms with Gasteiger partial charge in [0.25, 0.3) is 10.0 Å². The minimum absolute atomic E-state index is 0.0289. The molecular weight excluding hydrogens is 572 g/mol. The highest BCUT2D eigenvalue weighted by Gasteiger charge is 2.25. The number of nitriles is 1. The molecule has 12 nitrogen and oxygen atoms in total. The fraction of sp³-hybridized carbons (Fsp3) is 0.0741. The monoisotopic (exact) mass is 592 g/mol. The van der Waals surface area contributed by atoms with E-state index in [9.17, 15) is 28.1 Å². The van der Waals surface area contributed by atoms with Gasteiger partial charge in [-0.15, -0.1) is 0 Å². The molecule has 3 aromatic carbocycles. The number of nitrogens with one attached hydrogen (secondary N) is 3. The van der Waals surface area contributed by atoms with Crippen molar-refractivity contribution < 1.29 is 27.5 Å². The second-order valence-electron chi connectivity index (χ2n) is 8.39. The molecule has 41 heavy (non-hydrogen) atoms. The number of carbonyl (C=O) groups excluding carboxylic acids is 3. The Morgan fingerprint density at radius 2 is 1.63 bits per heavy atom. The highest BCUT2D eigenvalue weighted by atomic mass is 35.5. The van der Waals surface area contributed by atoms with Gasteiger partial charge in [-0.25, -0.2) is 22.6 Å². The molecule has 1 aromatic heterocycles. The topological polar surface area (TPSA) is 172 Å².